The predicted molar refractivity (Wildman–Crippen MR) is 92.8 cm³/mol. The van der Waals surface area contributed by atoms with Gasteiger partial charge in [0, 0.05) is 17.1 Å². The molecule has 3 aliphatic rings. The van der Waals surface area contributed by atoms with E-state index in [9.17, 15) is 13.7 Å². The summed E-state index contributed by atoms with van der Waals surface area (Å²) in [6, 6.07) is 6.91. The Labute approximate surface area is 154 Å². The number of likely N-dealkylation sites (N-methyl/N-ethyl adjacent to an activating group) is 1. The number of benzene rings is 1. The fraction of sp³-hybridized carbons (Fsp3) is 0.278. The molecule has 0 N–H and O–H groups in total. The zero-order valence-corrected chi connectivity index (χ0v) is 14.5. The Morgan fingerprint density at radius 1 is 1.37 bits per heavy atom. The molecule has 7 nitrogen and oxygen atoms in total. The first kappa shape index (κ1) is 17.3. The van der Waals surface area contributed by atoms with Gasteiger partial charge >= 0.3 is 5.82 Å². The maximum atomic E-state index is 14.9. The number of halogens is 2. The fourth-order valence-electron chi connectivity index (χ4n) is 2.98. The average Bonchev–Trinajstić information content (AvgIpc) is 3.02. The third-order valence-electron chi connectivity index (χ3n) is 4.45. The topological polar surface area (TPSA) is 63.5 Å². The van der Waals surface area contributed by atoms with Crippen molar-refractivity contribution in [2.45, 2.75) is 6.10 Å². The second kappa shape index (κ2) is 6.58. The number of alkyl halides is 1. The molecule has 0 aromatic heterocycles. The maximum Gasteiger partial charge on any atom is 0.317 e. The Morgan fingerprint density at radius 3 is 3.00 bits per heavy atom. The molecule has 0 aliphatic carbocycles. The highest BCUT2D eigenvalue weighted by Crippen LogP contribution is 2.35. The summed E-state index contributed by atoms with van der Waals surface area (Å²) >= 11 is 0. The number of fused-ring (bicyclic) bond motifs is 1. The Kier molecular flexibility index (Phi) is 4.23. The van der Waals surface area contributed by atoms with Gasteiger partial charge in [-0.1, -0.05) is 18.2 Å². The van der Waals surface area contributed by atoms with Gasteiger partial charge in [0.05, 0.1) is 17.4 Å². The standard InChI is InChI=1S/C18H17F2N4O3/c1-23-7-9-26-14-5-3-2-4-12(14)15(10-19)27-16-6-8-24(20)17(22-16)13(11-21-24)18(23)25/h2-6,8,11,15H,7,9-10H2,1H3/q+1. The van der Waals surface area contributed by atoms with Crippen molar-refractivity contribution in [2.75, 3.05) is 26.9 Å². The maximum absolute atomic E-state index is 14.9. The van der Waals surface area contributed by atoms with Crippen molar-refractivity contribution in [1.82, 2.24) is 4.90 Å². The van der Waals surface area contributed by atoms with Gasteiger partial charge in [-0.15, -0.1) is 0 Å². The Balaban J connectivity index is 1.80. The van der Waals surface area contributed by atoms with Gasteiger partial charge in [-0.25, -0.2) is 4.39 Å². The number of para-hydroxylation sites is 1. The van der Waals surface area contributed by atoms with Crippen LogP contribution in [0.4, 0.5) is 8.87 Å². The van der Waals surface area contributed by atoms with E-state index in [1.165, 1.54) is 11.0 Å². The number of hydrogen-bond acceptors (Lipinski definition) is 5. The number of carbonyl (C=O) groups excluding carboxylic acids is 1. The number of hydrogen-bond donors (Lipinski definition) is 0. The summed E-state index contributed by atoms with van der Waals surface area (Å²) in [6.07, 6.45) is 2.52. The van der Waals surface area contributed by atoms with E-state index in [-0.39, 0.29) is 30.4 Å². The molecule has 9 heteroatoms. The molecule has 4 rings (SSSR count). The van der Waals surface area contributed by atoms with Crippen LogP contribution in [0.5, 0.6) is 5.75 Å². The van der Waals surface area contributed by atoms with E-state index in [1.807, 2.05) is 0 Å². The van der Waals surface area contributed by atoms with E-state index >= 15 is 0 Å². The second-order valence-corrected chi connectivity index (χ2v) is 6.22. The number of aliphatic imine (C=N–C) groups is 1. The normalized spacial score (nSPS) is 27.1. The summed E-state index contributed by atoms with van der Waals surface area (Å²) in [7, 11) is 1.58. The fourth-order valence-corrected chi connectivity index (χ4v) is 2.98. The summed E-state index contributed by atoms with van der Waals surface area (Å²) in [5.41, 5.74) is 0.520. The lowest BCUT2D eigenvalue weighted by Crippen LogP contribution is -2.34. The third-order valence-corrected chi connectivity index (χ3v) is 4.45. The first-order chi connectivity index (χ1) is 13.0. The van der Waals surface area contributed by atoms with Crippen LogP contribution in [0.3, 0.4) is 0 Å². The van der Waals surface area contributed by atoms with Crippen molar-refractivity contribution in [3.63, 3.8) is 0 Å². The minimum atomic E-state index is -1.48. The molecule has 3 heterocycles. The number of carbonyl (C=O) groups is 1. The summed E-state index contributed by atoms with van der Waals surface area (Å²) in [5, 5.41) is 3.71. The molecule has 0 spiro atoms. The molecule has 27 heavy (non-hydrogen) atoms. The second-order valence-electron chi connectivity index (χ2n) is 6.22. The summed E-state index contributed by atoms with van der Waals surface area (Å²) < 4.78 is 40.0. The summed E-state index contributed by atoms with van der Waals surface area (Å²) in [4.78, 5) is 16.7. The van der Waals surface area contributed by atoms with Crippen molar-refractivity contribution in [3.8, 4) is 5.75 Å². The Bertz CT molecular complexity index is 912. The predicted octanol–water partition coefficient (Wildman–Crippen LogP) is 2.40. The number of ether oxygens (including phenoxy) is 2. The van der Waals surface area contributed by atoms with Gasteiger partial charge in [0.1, 0.15) is 25.2 Å². The molecule has 0 saturated carbocycles. The molecule has 2 bridgehead atoms. The van der Waals surface area contributed by atoms with Crippen LogP contribution in [0.25, 0.3) is 0 Å². The molecule has 2 atom stereocenters. The van der Waals surface area contributed by atoms with Crippen molar-refractivity contribution in [2.24, 2.45) is 10.1 Å². The van der Waals surface area contributed by atoms with Gasteiger partial charge in [-0.05, 0) is 11.2 Å². The van der Waals surface area contributed by atoms with Crippen molar-refractivity contribution in [1.29, 1.82) is 0 Å². The highest BCUT2D eigenvalue weighted by molar-refractivity contribution is 6.13. The highest BCUT2D eigenvalue weighted by Gasteiger charge is 2.46. The van der Waals surface area contributed by atoms with Gasteiger partial charge in [-0.2, -0.15) is 4.99 Å². The van der Waals surface area contributed by atoms with E-state index in [0.29, 0.717) is 11.3 Å². The number of rotatable bonds is 1. The lowest BCUT2D eigenvalue weighted by Gasteiger charge is -2.21. The van der Waals surface area contributed by atoms with Gasteiger partial charge in [0.25, 0.3) is 5.91 Å². The van der Waals surface area contributed by atoms with Crippen LogP contribution in [0.1, 0.15) is 11.7 Å². The van der Waals surface area contributed by atoms with E-state index in [2.05, 4.69) is 10.1 Å². The third kappa shape index (κ3) is 2.99. The van der Waals surface area contributed by atoms with Crippen molar-refractivity contribution in [3.05, 3.63) is 53.5 Å². The molecule has 1 aromatic carbocycles. The minimum absolute atomic E-state index is 0.00782. The SMILES string of the molecule is CN1CCOc2ccccc2C(CF)OC2=NC3=C(C=N[N+]3(F)C=C2)C1=O. The summed E-state index contributed by atoms with van der Waals surface area (Å²) in [5.74, 6) is -0.205. The van der Waals surface area contributed by atoms with Gasteiger partial charge < -0.3 is 14.4 Å². The molecular formula is C18H17F2N4O3+. The number of nitrogens with zero attached hydrogens (tertiary/aromatic N) is 4. The van der Waals surface area contributed by atoms with Gasteiger partial charge in [-0.3, -0.25) is 4.79 Å². The molecule has 3 aliphatic heterocycles. The van der Waals surface area contributed by atoms with Crippen LogP contribution in [-0.2, 0) is 9.53 Å². The first-order valence-electron chi connectivity index (χ1n) is 8.38. The smallest absolute Gasteiger partial charge is 0.317 e. The molecule has 1 amide bonds. The van der Waals surface area contributed by atoms with Crippen LogP contribution in [-0.4, -0.2) is 54.6 Å². The first-order valence-corrected chi connectivity index (χ1v) is 8.38. The quantitative estimate of drug-likeness (QED) is 0.708. The monoisotopic (exact) mass is 375 g/mol. The Hall–Kier alpha value is -3.07. The molecular weight excluding hydrogens is 358 g/mol. The van der Waals surface area contributed by atoms with E-state index < -0.39 is 23.5 Å². The van der Waals surface area contributed by atoms with Crippen LogP contribution in [0.15, 0.2) is 58.0 Å². The molecule has 2 unspecified atom stereocenters. The van der Waals surface area contributed by atoms with E-state index in [0.717, 1.165) is 12.4 Å². The lowest BCUT2D eigenvalue weighted by molar-refractivity contribution is -0.987. The van der Waals surface area contributed by atoms with Crippen LogP contribution in [0.2, 0.25) is 0 Å². The van der Waals surface area contributed by atoms with E-state index in [4.69, 9.17) is 9.47 Å². The zero-order chi connectivity index (χ0) is 19.0. The molecule has 140 valence electrons. The Morgan fingerprint density at radius 2 is 2.19 bits per heavy atom. The van der Waals surface area contributed by atoms with E-state index in [1.54, 1.807) is 31.3 Å². The molecule has 0 fully saturated rings. The molecule has 1 aromatic rings. The average molecular weight is 375 g/mol. The number of amides is 1. The molecule has 0 saturated heterocycles. The van der Waals surface area contributed by atoms with Gasteiger partial charge in [0.2, 0.25) is 5.90 Å². The number of quaternary nitrogens is 1. The molecule has 0 radical (unpaired) electrons. The largest absolute Gasteiger partial charge is 0.491 e. The van der Waals surface area contributed by atoms with Crippen molar-refractivity contribution >= 4 is 18.0 Å². The van der Waals surface area contributed by atoms with Crippen LogP contribution < -0.4 is 4.74 Å². The van der Waals surface area contributed by atoms with Crippen LogP contribution >= 0.6 is 0 Å². The lowest BCUT2D eigenvalue weighted by atomic mass is 10.1. The van der Waals surface area contributed by atoms with Crippen LogP contribution in [0, 0.1) is 0 Å². The summed E-state index contributed by atoms with van der Waals surface area (Å²) in [6.45, 7) is -0.401. The highest BCUT2D eigenvalue weighted by atomic mass is 19.2. The zero-order valence-electron chi connectivity index (χ0n) is 14.5. The van der Waals surface area contributed by atoms with Crippen molar-refractivity contribution < 1.29 is 28.0 Å². The van der Waals surface area contributed by atoms with Gasteiger partial charge in [0.15, 0.2) is 17.9 Å². The minimum Gasteiger partial charge on any atom is -0.491 e.